The van der Waals surface area contributed by atoms with Crippen LogP contribution in [0.5, 0.6) is 0 Å². The smallest absolute Gasteiger partial charge is 0.232 e. The van der Waals surface area contributed by atoms with E-state index in [1.165, 1.54) is 19.3 Å². The van der Waals surface area contributed by atoms with E-state index in [-0.39, 0.29) is 11.3 Å². The summed E-state index contributed by atoms with van der Waals surface area (Å²) in [7, 11) is 1.69. The molecule has 4 aliphatic carbocycles. The fourth-order valence-corrected chi connectivity index (χ4v) is 5.28. The van der Waals surface area contributed by atoms with E-state index >= 15 is 0 Å². The van der Waals surface area contributed by atoms with Gasteiger partial charge in [-0.3, -0.25) is 4.79 Å². The Labute approximate surface area is 132 Å². The summed E-state index contributed by atoms with van der Waals surface area (Å²) in [6.45, 7) is 1.45. The molecule has 0 saturated heterocycles. The largest absolute Gasteiger partial charge is 0.385 e. The fourth-order valence-electron chi connectivity index (χ4n) is 5.09. The molecular formula is C16H26N2O2S. The third-order valence-electron chi connectivity index (χ3n) is 5.56. The van der Waals surface area contributed by atoms with Gasteiger partial charge < -0.3 is 15.4 Å². The molecule has 2 N–H and O–H groups in total. The van der Waals surface area contributed by atoms with Crippen molar-refractivity contribution in [3.63, 3.8) is 0 Å². The average molecular weight is 310 g/mol. The third kappa shape index (κ3) is 3.24. The van der Waals surface area contributed by atoms with Gasteiger partial charge in [0.1, 0.15) is 0 Å². The van der Waals surface area contributed by atoms with Crippen LogP contribution in [0.1, 0.15) is 44.9 Å². The van der Waals surface area contributed by atoms with Crippen molar-refractivity contribution in [3.05, 3.63) is 0 Å². The highest BCUT2D eigenvalue weighted by atomic mass is 32.1. The summed E-state index contributed by atoms with van der Waals surface area (Å²) in [5, 5.41) is 6.53. The molecule has 0 aromatic carbocycles. The Balaban J connectivity index is 1.52. The number of methoxy groups -OCH3 is 1. The molecule has 21 heavy (non-hydrogen) atoms. The molecule has 0 atom stereocenters. The van der Waals surface area contributed by atoms with Gasteiger partial charge in [-0.05, 0) is 74.9 Å². The summed E-state index contributed by atoms with van der Waals surface area (Å²) in [5.41, 5.74) is -0.118. The number of hydrogen-bond acceptors (Lipinski definition) is 3. The first kappa shape index (κ1) is 15.2. The fraction of sp³-hybridized carbons (Fsp3) is 0.875. The molecule has 0 aromatic heterocycles. The quantitative estimate of drug-likeness (QED) is 0.604. The summed E-state index contributed by atoms with van der Waals surface area (Å²) in [6, 6.07) is 0. The van der Waals surface area contributed by atoms with E-state index in [0.29, 0.717) is 11.7 Å². The molecule has 4 saturated carbocycles. The first-order valence-corrected chi connectivity index (χ1v) is 8.60. The zero-order valence-corrected chi connectivity index (χ0v) is 13.6. The third-order valence-corrected chi connectivity index (χ3v) is 5.80. The lowest BCUT2D eigenvalue weighted by Crippen LogP contribution is -2.55. The van der Waals surface area contributed by atoms with Crippen molar-refractivity contribution >= 4 is 23.2 Å². The van der Waals surface area contributed by atoms with Crippen LogP contribution in [0.2, 0.25) is 0 Å². The predicted molar refractivity (Wildman–Crippen MR) is 85.8 cm³/mol. The molecule has 4 nitrogen and oxygen atoms in total. The Hall–Kier alpha value is -0.680. The standard InChI is InChI=1S/C16H26N2O2S/c1-20-4-2-3-17-15(21)18-14(19)16-8-11-5-12(9-16)7-13(6-11)10-16/h11-13H,2-10H2,1H3,(H2,17,18,19,21). The van der Waals surface area contributed by atoms with Crippen molar-refractivity contribution in [1.29, 1.82) is 0 Å². The molecule has 4 fully saturated rings. The molecular weight excluding hydrogens is 284 g/mol. The summed E-state index contributed by atoms with van der Waals surface area (Å²) in [6.07, 6.45) is 8.19. The molecule has 4 bridgehead atoms. The van der Waals surface area contributed by atoms with Crippen molar-refractivity contribution < 1.29 is 9.53 Å². The molecule has 118 valence electrons. The second-order valence-corrected chi connectivity index (χ2v) is 7.66. The van der Waals surface area contributed by atoms with E-state index in [1.54, 1.807) is 7.11 Å². The average Bonchev–Trinajstić information content (AvgIpc) is 2.42. The van der Waals surface area contributed by atoms with Gasteiger partial charge in [-0.2, -0.15) is 0 Å². The molecule has 0 aromatic rings. The first-order chi connectivity index (χ1) is 10.1. The van der Waals surface area contributed by atoms with Crippen molar-refractivity contribution in [2.75, 3.05) is 20.3 Å². The number of nitrogens with one attached hydrogen (secondary N) is 2. The van der Waals surface area contributed by atoms with Gasteiger partial charge in [0.05, 0.1) is 5.41 Å². The Morgan fingerprint density at radius 1 is 1.19 bits per heavy atom. The van der Waals surface area contributed by atoms with Gasteiger partial charge in [0, 0.05) is 20.3 Å². The molecule has 5 heteroatoms. The minimum absolute atomic E-state index is 0.118. The summed E-state index contributed by atoms with van der Waals surface area (Å²) in [4.78, 5) is 12.7. The Morgan fingerprint density at radius 2 is 1.76 bits per heavy atom. The lowest BCUT2D eigenvalue weighted by atomic mass is 9.49. The summed E-state index contributed by atoms with van der Waals surface area (Å²) < 4.78 is 5.00. The van der Waals surface area contributed by atoms with Crippen LogP contribution in [0, 0.1) is 23.2 Å². The molecule has 0 radical (unpaired) electrons. The van der Waals surface area contributed by atoms with Crippen LogP contribution in [-0.2, 0) is 9.53 Å². The van der Waals surface area contributed by atoms with E-state index in [1.807, 2.05) is 0 Å². The van der Waals surface area contributed by atoms with Gasteiger partial charge in [0.2, 0.25) is 5.91 Å². The van der Waals surface area contributed by atoms with E-state index in [4.69, 9.17) is 17.0 Å². The topological polar surface area (TPSA) is 50.4 Å². The molecule has 0 unspecified atom stereocenters. The maximum Gasteiger partial charge on any atom is 0.232 e. The second kappa shape index (κ2) is 6.21. The van der Waals surface area contributed by atoms with Crippen molar-refractivity contribution in [2.24, 2.45) is 23.2 Å². The van der Waals surface area contributed by atoms with Crippen LogP contribution < -0.4 is 10.6 Å². The van der Waals surface area contributed by atoms with Crippen LogP contribution >= 0.6 is 12.2 Å². The molecule has 4 rings (SSSR count). The maximum absolute atomic E-state index is 12.7. The van der Waals surface area contributed by atoms with Crippen LogP contribution in [0.25, 0.3) is 0 Å². The second-order valence-electron chi connectivity index (χ2n) is 7.25. The van der Waals surface area contributed by atoms with E-state index < -0.39 is 0 Å². The van der Waals surface area contributed by atoms with Gasteiger partial charge in [0.15, 0.2) is 5.11 Å². The minimum atomic E-state index is -0.118. The summed E-state index contributed by atoms with van der Waals surface area (Å²) >= 11 is 5.25. The molecule has 1 amide bonds. The number of rotatable bonds is 5. The number of carbonyl (C=O) groups is 1. The zero-order chi connectivity index (χ0) is 14.9. The van der Waals surface area contributed by atoms with Crippen LogP contribution in [0.3, 0.4) is 0 Å². The van der Waals surface area contributed by atoms with Crippen LogP contribution in [-0.4, -0.2) is 31.3 Å². The monoisotopic (exact) mass is 310 g/mol. The SMILES string of the molecule is COCCCNC(=S)NC(=O)C12CC3CC(CC(C3)C1)C2. The van der Waals surface area contributed by atoms with Gasteiger partial charge in [-0.1, -0.05) is 0 Å². The lowest BCUT2D eigenvalue weighted by molar-refractivity contribution is -0.144. The van der Waals surface area contributed by atoms with Gasteiger partial charge >= 0.3 is 0 Å². The Bertz CT molecular complexity index is 389. The van der Waals surface area contributed by atoms with Crippen LogP contribution in [0.4, 0.5) is 0 Å². The number of hydrogen-bond donors (Lipinski definition) is 2. The number of thiocarbonyl (C=S) groups is 1. The maximum atomic E-state index is 12.7. The number of carbonyl (C=O) groups excluding carboxylic acids is 1. The predicted octanol–water partition coefficient (Wildman–Crippen LogP) is 2.23. The Kier molecular flexibility index (Phi) is 4.50. The molecule has 0 aliphatic heterocycles. The van der Waals surface area contributed by atoms with Crippen molar-refractivity contribution in [3.8, 4) is 0 Å². The van der Waals surface area contributed by atoms with E-state index in [0.717, 1.165) is 50.0 Å². The van der Waals surface area contributed by atoms with E-state index in [2.05, 4.69) is 10.6 Å². The van der Waals surface area contributed by atoms with E-state index in [9.17, 15) is 4.79 Å². The Morgan fingerprint density at radius 3 is 2.29 bits per heavy atom. The highest BCUT2D eigenvalue weighted by Gasteiger charge is 2.54. The van der Waals surface area contributed by atoms with Crippen molar-refractivity contribution in [1.82, 2.24) is 10.6 Å². The normalized spacial score (nSPS) is 36.5. The van der Waals surface area contributed by atoms with Gasteiger partial charge in [-0.25, -0.2) is 0 Å². The first-order valence-electron chi connectivity index (χ1n) is 8.19. The number of ether oxygens (including phenoxy) is 1. The van der Waals surface area contributed by atoms with Crippen LogP contribution in [0.15, 0.2) is 0 Å². The molecule has 0 heterocycles. The number of amides is 1. The lowest BCUT2D eigenvalue weighted by Gasteiger charge is -2.55. The zero-order valence-electron chi connectivity index (χ0n) is 12.8. The highest BCUT2D eigenvalue weighted by Crippen LogP contribution is 2.60. The van der Waals surface area contributed by atoms with Gasteiger partial charge in [-0.15, -0.1) is 0 Å². The molecule has 4 aliphatic rings. The summed E-state index contributed by atoms with van der Waals surface area (Å²) in [5.74, 6) is 2.52. The highest BCUT2D eigenvalue weighted by molar-refractivity contribution is 7.80. The molecule has 0 spiro atoms. The van der Waals surface area contributed by atoms with Gasteiger partial charge in [0.25, 0.3) is 0 Å². The minimum Gasteiger partial charge on any atom is -0.385 e. The van der Waals surface area contributed by atoms with Crippen molar-refractivity contribution in [2.45, 2.75) is 44.9 Å².